The summed E-state index contributed by atoms with van der Waals surface area (Å²) < 4.78 is 12.6. The second-order valence-corrected chi connectivity index (χ2v) is 7.98. The highest BCUT2D eigenvalue weighted by atomic mass is 32.1. The molecule has 0 atom stereocenters. The molecule has 4 rings (SSSR count). The van der Waals surface area contributed by atoms with Crippen LogP contribution < -0.4 is 9.47 Å². The molecule has 1 aromatic heterocycles. The summed E-state index contributed by atoms with van der Waals surface area (Å²) in [7, 11) is 1.73. The van der Waals surface area contributed by atoms with Crippen LogP contribution in [-0.4, -0.2) is 38.3 Å². The van der Waals surface area contributed by atoms with Crippen LogP contribution >= 0.6 is 11.3 Å². The maximum absolute atomic E-state index is 5.91. The van der Waals surface area contributed by atoms with E-state index in [9.17, 15) is 0 Å². The van der Waals surface area contributed by atoms with Crippen LogP contribution in [0, 0.1) is 6.92 Å². The summed E-state index contributed by atoms with van der Waals surface area (Å²) in [4.78, 5) is 3.75. The van der Waals surface area contributed by atoms with Gasteiger partial charge in [-0.1, -0.05) is 0 Å². The fourth-order valence-corrected chi connectivity index (χ4v) is 4.64. The van der Waals surface area contributed by atoms with Crippen molar-refractivity contribution in [1.82, 2.24) is 4.90 Å². The zero-order chi connectivity index (χ0) is 17.9. The van der Waals surface area contributed by atoms with Gasteiger partial charge in [0.2, 0.25) is 0 Å². The third-order valence-electron chi connectivity index (χ3n) is 5.05. The predicted octanol–water partition coefficient (Wildman–Crippen LogP) is 5.36. The van der Waals surface area contributed by atoms with E-state index in [4.69, 9.17) is 9.47 Å². The van der Waals surface area contributed by atoms with Crippen LogP contribution in [0.15, 0.2) is 42.5 Å². The lowest BCUT2D eigenvalue weighted by atomic mass is 10.1. The Morgan fingerprint density at radius 3 is 2.54 bits per heavy atom. The number of hydrogen-bond acceptors (Lipinski definition) is 4. The van der Waals surface area contributed by atoms with Crippen molar-refractivity contribution >= 4 is 21.4 Å². The average Bonchev–Trinajstić information content (AvgIpc) is 3.31. The van der Waals surface area contributed by atoms with Crippen molar-refractivity contribution < 1.29 is 9.47 Å². The lowest BCUT2D eigenvalue weighted by Crippen LogP contribution is -2.25. The first-order chi connectivity index (χ1) is 12.7. The van der Waals surface area contributed by atoms with Crippen molar-refractivity contribution in [2.24, 2.45) is 0 Å². The van der Waals surface area contributed by atoms with Crippen molar-refractivity contribution in [2.45, 2.75) is 19.8 Å². The summed E-state index contributed by atoms with van der Waals surface area (Å²) in [5, 5.41) is 1.27. The fourth-order valence-electron chi connectivity index (χ4n) is 3.56. The van der Waals surface area contributed by atoms with Gasteiger partial charge in [0.05, 0.1) is 7.11 Å². The standard InChI is InChI=1S/C22H25NO2S/c1-16-13-18-14-21(26-22(18)15-20(16)24-2)17-5-7-19(8-6-17)25-12-11-23-9-3-4-10-23/h5-8,13-15H,3-4,9-12H2,1-2H3. The number of thiophene rings is 1. The fraction of sp³-hybridized carbons (Fsp3) is 0.364. The molecule has 3 aromatic rings. The van der Waals surface area contributed by atoms with E-state index in [0.29, 0.717) is 0 Å². The summed E-state index contributed by atoms with van der Waals surface area (Å²) in [6, 6.07) is 15.1. The molecule has 1 fully saturated rings. The van der Waals surface area contributed by atoms with E-state index in [1.165, 1.54) is 52.0 Å². The topological polar surface area (TPSA) is 21.7 Å². The molecule has 0 N–H and O–H groups in total. The highest BCUT2D eigenvalue weighted by Gasteiger charge is 2.11. The van der Waals surface area contributed by atoms with Crippen LogP contribution in [0.25, 0.3) is 20.5 Å². The molecule has 0 unspecified atom stereocenters. The predicted molar refractivity (Wildman–Crippen MR) is 110 cm³/mol. The minimum Gasteiger partial charge on any atom is -0.496 e. The third kappa shape index (κ3) is 3.71. The van der Waals surface area contributed by atoms with Gasteiger partial charge in [0.25, 0.3) is 0 Å². The zero-order valence-electron chi connectivity index (χ0n) is 15.5. The minimum atomic E-state index is 0.765. The van der Waals surface area contributed by atoms with Gasteiger partial charge in [0, 0.05) is 16.1 Å². The molecular weight excluding hydrogens is 342 g/mol. The van der Waals surface area contributed by atoms with Crippen molar-refractivity contribution in [3.63, 3.8) is 0 Å². The van der Waals surface area contributed by atoms with Crippen molar-refractivity contribution in [1.29, 1.82) is 0 Å². The Balaban J connectivity index is 1.45. The molecule has 2 heterocycles. The minimum absolute atomic E-state index is 0.765. The van der Waals surface area contributed by atoms with E-state index in [0.717, 1.165) is 24.7 Å². The molecule has 4 heteroatoms. The molecule has 0 saturated carbocycles. The normalized spacial score (nSPS) is 14.8. The smallest absolute Gasteiger partial charge is 0.123 e. The second kappa shape index (κ2) is 7.68. The number of rotatable bonds is 6. The third-order valence-corrected chi connectivity index (χ3v) is 6.19. The zero-order valence-corrected chi connectivity index (χ0v) is 16.3. The highest BCUT2D eigenvalue weighted by Crippen LogP contribution is 2.37. The van der Waals surface area contributed by atoms with E-state index in [-0.39, 0.29) is 0 Å². The van der Waals surface area contributed by atoms with Crippen molar-refractivity contribution in [3.05, 3.63) is 48.0 Å². The molecule has 3 nitrogen and oxygen atoms in total. The summed E-state index contributed by atoms with van der Waals surface area (Å²) in [5.41, 5.74) is 2.40. The van der Waals surface area contributed by atoms with Gasteiger partial charge in [-0.25, -0.2) is 0 Å². The Morgan fingerprint density at radius 2 is 1.81 bits per heavy atom. The second-order valence-electron chi connectivity index (χ2n) is 6.89. The van der Waals surface area contributed by atoms with Crippen LogP contribution in [0.3, 0.4) is 0 Å². The molecular formula is C22H25NO2S. The quantitative estimate of drug-likeness (QED) is 0.585. The van der Waals surface area contributed by atoms with Gasteiger partial charge in [0.15, 0.2) is 0 Å². The van der Waals surface area contributed by atoms with Crippen LogP contribution in [0.5, 0.6) is 11.5 Å². The van der Waals surface area contributed by atoms with Gasteiger partial charge >= 0.3 is 0 Å². The molecule has 136 valence electrons. The van der Waals surface area contributed by atoms with E-state index < -0.39 is 0 Å². The molecule has 26 heavy (non-hydrogen) atoms. The molecule has 1 aliphatic rings. The maximum Gasteiger partial charge on any atom is 0.123 e. The Bertz CT molecular complexity index is 879. The van der Waals surface area contributed by atoms with Crippen molar-refractivity contribution in [2.75, 3.05) is 33.4 Å². The van der Waals surface area contributed by atoms with E-state index in [1.54, 1.807) is 18.4 Å². The van der Waals surface area contributed by atoms with Crippen LogP contribution in [-0.2, 0) is 0 Å². The van der Waals surface area contributed by atoms with Gasteiger partial charge in [-0.05, 0) is 91.8 Å². The Labute approximate surface area is 159 Å². The highest BCUT2D eigenvalue weighted by molar-refractivity contribution is 7.22. The molecule has 0 radical (unpaired) electrons. The van der Waals surface area contributed by atoms with E-state index in [1.807, 2.05) is 0 Å². The first kappa shape index (κ1) is 17.4. The molecule has 2 aromatic carbocycles. The number of ether oxygens (including phenoxy) is 2. The van der Waals surface area contributed by atoms with Gasteiger partial charge in [-0.15, -0.1) is 11.3 Å². The summed E-state index contributed by atoms with van der Waals surface area (Å²) in [6.45, 7) is 6.32. The molecule has 1 aliphatic heterocycles. The van der Waals surface area contributed by atoms with Gasteiger partial charge in [-0.2, -0.15) is 0 Å². The van der Waals surface area contributed by atoms with Gasteiger partial charge in [0.1, 0.15) is 18.1 Å². The molecule has 0 amide bonds. The van der Waals surface area contributed by atoms with Crippen molar-refractivity contribution in [3.8, 4) is 21.9 Å². The SMILES string of the molecule is COc1cc2sc(-c3ccc(OCCN4CCCC4)cc3)cc2cc1C. The molecule has 0 bridgehead atoms. The van der Waals surface area contributed by atoms with Gasteiger partial charge < -0.3 is 9.47 Å². The average molecular weight is 368 g/mol. The molecule has 0 aliphatic carbocycles. The first-order valence-corrected chi connectivity index (χ1v) is 10.1. The Kier molecular flexibility index (Phi) is 5.14. The number of hydrogen-bond donors (Lipinski definition) is 0. The summed E-state index contributed by atoms with van der Waals surface area (Å²) >= 11 is 1.80. The lowest BCUT2D eigenvalue weighted by Gasteiger charge is -2.14. The number of nitrogens with zero attached hydrogens (tertiary/aromatic N) is 1. The van der Waals surface area contributed by atoms with Crippen LogP contribution in [0.1, 0.15) is 18.4 Å². The number of aryl methyl sites for hydroxylation is 1. The van der Waals surface area contributed by atoms with Crippen LogP contribution in [0.4, 0.5) is 0 Å². The number of likely N-dealkylation sites (tertiary alicyclic amines) is 1. The molecule has 0 spiro atoms. The Hall–Kier alpha value is -2.04. The number of benzene rings is 2. The van der Waals surface area contributed by atoms with E-state index in [2.05, 4.69) is 54.3 Å². The van der Waals surface area contributed by atoms with Gasteiger partial charge in [-0.3, -0.25) is 4.90 Å². The summed E-state index contributed by atoms with van der Waals surface area (Å²) in [6.07, 6.45) is 2.66. The molecule has 1 saturated heterocycles. The largest absolute Gasteiger partial charge is 0.496 e. The monoisotopic (exact) mass is 367 g/mol. The first-order valence-electron chi connectivity index (χ1n) is 9.27. The summed E-state index contributed by atoms with van der Waals surface area (Å²) in [5.74, 6) is 1.90. The lowest BCUT2D eigenvalue weighted by molar-refractivity contribution is 0.238. The van der Waals surface area contributed by atoms with Crippen LogP contribution in [0.2, 0.25) is 0 Å². The Morgan fingerprint density at radius 1 is 1.04 bits per heavy atom. The maximum atomic E-state index is 5.91. The number of methoxy groups -OCH3 is 1. The van der Waals surface area contributed by atoms with E-state index >= 15 is 0 Å². The number of fused-ring (bicyclic) bond motifs is 1.